The molecule has 0 aliphatic carbocycles. The fourth-order valence-corrected chi connectivity index (χ4v) is 3.20. The van der Waals surface area contributed by atoms with E-state index in [1.54, 1.807) is 6.07 Å². The Morgan fingerprint density at radius 1 is 1.36 bits per heavy atom. The lowest BCUT2D eigenvalue weighted by Gasteiger charge is -2.17. The van der Waals surface area contributed by atoms with Crippen molar-refractivity contribution in [1.29, 1.82) is 0 Å². The summed E-state index contributed by atoms with van der Waals surface area (Å²) in [6, 6.07) is 5.14. The molecule has 0 saturated carbocycles. The molecule has 0 aromatic carbocycles. The fraction of sp³-hybridized carbons (Fsp3) is 0.400. The van der Waals surface area contributed by atoms with Crippen LogP contribution < -0.4 is 4.90 Å². The van der Waals surface area contributed by atoms with E-state index >= 15 is 0 Å². The van der Waals surface area contributed by atoms with Crippen LogP contribution in [0.15, 0.2) is 27.8 Å². The Hall–Kier alpha value is -2.02. The second kappa shape index (κ2) is 6.39. The van der Waals surface area contributed by atoms with E-state index < -0.39 is 5.97 Å². The summed E-state index contributed by atoms with van der Waals surface area (Å²) in [7, 11) is 0. The van der Waals surface area contributed by atoms with Gasteiger partial charge in [0.2, 0.25) is 5.76 Å². The molecule has 1 aliphatic heterocycles. The van der Waals surface area contributed by atoms with Crippen LogP contribution in [-0.2, 0) is 5.75 Å². The standard InChI is InChI=1S/C15H17N3O3S/c1-10-8-13(18-6-2-3-7-18)17-15(16-10)22-9-11-4-5-12(21-11)14(19)20/h4-5,8H,2-3,6-7,9H2,1H3,(H,19,20). The minimum atomic E-state index is -1.06. The summed E-state index contributed by atoms with van der Waals surface area (Å²) in [5.41, 5.74) is 0.935. The van der Waals surface area contributed by atoms with E-state index in [0.717, 1.165) is 24.6 Å². The van der Waals surface area contributed by atoms with Crippen molar-refractivity contribution in [3.63, 3.8) is 0 Å². The Balaban J connectivity index is 1.70. The number of carboxylic acid groups (broad SMARTS) is 1. The van der Waals surface area contributed by atoms with Crippen LogP contribution in [0.3, 0.4) is 0 Å². The first-order valence-electron chi connectivity index (χ1n) is 7.17. The molecule has 1 aliphatic rings. The van der Waals surface area contributed by atoms with Crippen molar-refractivity contribution < 1.29 is 14.3 Å². The third kappa shape index (κ3) is 3.41. The molecule has 0 radical (unpaired) electrons. The number of hydrogen-bond acceptors (Lipinski definition) is 6. The number of aromatic carboxylic acids is 1. The summed E-state index contributed by atoms with van der Waals surface area (Å²) in [5, 5.41) is 9.54. The molecule has 0 amide bonds. The maximum Gasteiger partial charge on any atom is 0.371 e. The minimum Gasteiger partial charge on any atom is -0.475 e. The second-order valence-corrected chi connectivity index (χ2v) is 6.15. The Bertz CT molecular complexity index is 680. The topological polar surface area (TPSA) is 79.5 Å². The van der Waals surface area contributed by atoms with Crippen LogP contribution in [-0.4, -0.2) is 34.1 Å². The van der Waals surface area contributed by atoms with Gasteiger partial charge in [0.25, 0.3) is 0 Å². The second-order valence-electron chi connectivity index (χ2n) is 5.20. The van der Waals surface area contributed by atoms with E-state index in [1.165, 1.54) is 30.7 Å². The number of thioether (sulfide) groups is 1. The predicted octanol–water partition coefficient (Wildman–Crippen LogP) is 2.97. The van der Waals surface area contributed by atoms with Gasteiger partial charge in [-0.05, 0) is 31.9 Å². The number of aromatic nitrogens is 2. The number of rotatable bonds is 5. The molecule has 6 nitrogen and oxygen atoms in total. The maximum absolute atomic E-state index is 10.8. The van der Waals surface area contributed by atoms with Gasteiger partial charge in [0.15, 0.2) is 5.16 Å². The fourth-order valence-electron chi connectivity index (χ4n) is 2.40. The number of hydrogen-bond donors (Lipinski definition) is 1. The summed E-state index contributed by atoms with van der Waals surface area (Å²) in [6.07, 6.45) is 2.41. The first kappa shape index (κ1) is 14.9. The van der Waals surface area contributed by atoms with Crippen molar-refractivity contribution >= 4 is 23.5 Å². The van der Waals surface area contributed by atoms with E-state index in [9.17, 15) is 4.79 Å². The number of furan rings is 1. The molecular formula is C15H17N3O3S. The van der Waals surface area contributed by atoms with E-state index in [2.05, 4.69) is 14.9 Å². The average molecular weight is 319 g/mol. The SMILES string of the molecule is Cc1cc(N2CCCC2)nc(SCc2ccc(C(=O)O)o2)n1. The van der Waals surface area contributed by atoms with Crippen LogP contribution in [0.1, 0.15) is 34.9 Å². The maximum atomic E-state index is 10.8. The van der Waals surface area contributed by atoms with Crippen molar-refractivity contribution in [3.8, 4) is 0 Å². The summed E-state index contributed by atoms with van der Waals surface area (Å²) in [5.74, 6) is 0.988. The normalized spacial score (nSPS) is 14.5. The Labute approximate surface area is 132 Å². The molecule has 1 N–H and O–H groups in total. The molecule has 0 atom stereocenters. The smallest absolute Gasteiger partial charge is 0.371 e. The van der Waals surface area contributed by atoms with Crippen molar-refractivity contribution in [2.75, 3.05) is 18.0 Å². The first-order valence-corrected chi connectivity index (χ1v) is 8.16. The monoisotopic (exact) mass is 319 g/mol. The van der Waals surface area contributed by atoms with E-state index in [4.69, 9.17) is 9.52 Å². The van der Waals surface area contributed by atoms with Gasteiger partial charge in [-0.1, -0.05) is 11.8 Å². The quantitative estimate of drug-likeness (QED) is 0.670. The molecule has 0 unspecified atom stereocenters. The van der Waals surface area contributed by atoms with E-state index in [0.29, 0.717) is 16.7 Å². The third-order valence-corrected chi connectivity index (χ3v) is 4.34. The van der Waals surface area contributed by atoms with Crippen molar-refractivity contribution in [1.82, 2.24) is 9.97 Å². The van der Waals surface area contributed by atoms with Gasteiger partial charge in [0.1, 0.15) is 11.6 Å². The highest BCUT2D eigenvalue weighted by Gasteiger charge is 2.16. The molecule has 1 saturated heterocycles. The van der Waals surface area contributed by atoms with Gasteiger partial charge in [-0.25, -0.2) is 14.8 Å². The van der Waals surface area contributed by atoms with Crippen LogP contribution in [0, 0.1) is 6.92 Å². The number of nitrogens with zero attached hydrogens (tertiary/aromatic N) is 3. The first-order chi connectivity index (χ1) is 10.6. The average Bonchev–Trinajstić information content (AvgIpc) is 3.16. The highest BCUT2D eigenvalue weighted by molar-refractivity contribution is 7.98. The summed E-state index contributed by atoms with van der Waals surface area (Å²) >= 11 is 1.45. The van der Waals surface area contributed by atoms with Crippen LogP contribution in [0.4, 0.5) is 5.82 Å². The van der Waals surface area contributed by atoms with Crippen LogP contribution in [0.25, 0.3) is 0 Å². The van der Waals surface area contributed by atoms with Gasteiger partial charge in [-0.15, -0.1) is 0 Å². The lowest BCUT2D eigenvalue weighted by molar-refractivity contribution is 0.0661. The summed E-state index contributed by atoms with van der Waals surface area (Å²) in [6.45, 7) is 4.04. The minimum absolute atomic E-state index is 0.0430. The molecule has 7 heteroatoms. The Kier molecular flexibility index (Phi) is 4.33. The lowest BCUT2D eigenvalue weighted by Crippen LogP contribution is -2.19. The van der Waals surface area contributed by atoms with Crippen LogP contribution in [0.5, 0.6) is 0 Å². The van der Waals surface area contributed by atoms with Crippen LogP contribution in [0.2, 0.25) is 0 Å². The Morgan fingerprint density at radius 2 is 2.14 bits per heavy atom. The van der Waals surface area contributed by atoms with Crippen molar-refractivity contribution in [2.45, 2.75) is 30.7 Å². The molecule has 22 heavy (non-hydrogen) atoms. The Morgan fingerprint density at radius 3 is 2.82 bits per heavy atom. The molecule has 1 fully saturated rings. The number of aryl methyl sites for hydroxylation is 1. The highest BCUT2D eigenvalue weighted by Crippen LogP contribution is 2.25. The van der Waals surface area contributed by atoms with Gasteiger partial charge in [-0.3, -0.25) is 0 Å². The van der Waals surface area contributed by atoms with Crippen molar-refractivity contribution in [2.24, 2.45) is 0 Å². The predicted molar refractivity (Wildman–Crippen MR) is 83.4 cm³/mol. The van der Waals surface area contributed by atoms with Gasteiger partial charge >= 0.3 is 5.97 Å². The summed E-state index contributed by atoms with van der Waals surface area (Å²) in [4.78, 5) is 22.1. The van der Waals surface area contributed by atoms with Crippen LogP contribution >= 0.6 is 11.8 Å². The highest BCUT2D eigenvalue weighted by atomic mass is 32.2. The van der Waals surface area contributed by atoms with Gasteiger partial charge in [0, 0.05) is 24.8 Å². The molecule has 3 rings (SSSR count). The van der Waals surface area contributed by atoms with Crippen molar-refractivity contribution in [3.05, 3.63) is 35.4 Å². The zero-order chi connectivity index (χ0) is 15.5. The van der Waals surface area contributed by atoms with Gasteiger partial charge < -0.3 is 14.4 Å². The molecule has 2 aromatic heterocycles. The summed E-state index contributed by atoms with van der Waals surface area (Å²) < 4.78 is 5.24. The number of carbonyl (C=O) groups is 1. The zero-order valence-corrected chi connectivity index (χ0v) is 13.1. The molecule has 3 heterocycles. The third-order valence-electron chi connectivity index (χ3n) is 3.47. The molecule has 116 valence electrons. The molecule has 0 bridgehead atoms. The van der Waals surface area contributed by atoms with Gasteiger partial charge in [-0.2, -0.15) is 0 Å². The number of carboxylic acids is 1. The number of anilines is 1. The van der Waals surface area contributed by atoms with Gasteiger partial charge in [0.05, 0.1) is 5.75 Å². The molecule has 2 aromatic rings. The molecular weight excluding hydrogens is 302 g/mol. The largest absolute Gasteiger partial charge is 0.475 e. The van der Waals surface area contributed by atoms with E-state index in [1.807, 2.05) is 13.0 Å². The van der Waals surface area contributed by atoms with E-state index in [-0.39, 0.29) is 5.76 Å². The molecule has 0 spiro atoms. The zero-order valence-electron chi connectivity index (χ0n) is 12.3. The lowest BCUT2D eigenvalue weighted by atomic mass is 10.4.